The van der Waals surface area contributed by atoms with Crippen molar-refractivity contribution in [2.45, 2.75) is 25.5 Å². The molecule has 0 aromatic carbocycles. The van der Waals surface area contributed by atoms with E-state index in [0.717, 1.165) is 18.4 Å². The molecule has 1 aliphatic heterocycles. The SMILES string of the molecule is COc1ccc(CNC(=O)C2CCCO2)cn1. The maximum absolute atomic E-state index is 11.7. The van der Waals surface area contributed by atoms with Crippen molar-refractivity contribution in [3.8, 4) is 5.88 Å². The molecule has 1 saturated heterocycles. The number of hydrogen-bond donors (Lipinski definition) is 1. The second-order valence-corrected chi connectivity index (χ2v) is 3.93. The molecule has 2 rings (SSSR count). The Bertz CT molecular complexity index is 372. The summed E-state index contributed by atoms with van der Waals surface area (Å²) in [7, 11) is 1.57. The molecule has 1 aromatic rings. The normalized spacial score (nSPS) is 19.0. The minimum atomic E-state index is -0.277. The van der Waals surface area contributed by atoms with Crippen LogP contribution in [0.25, 0.3) is 0 Å². The summed E-state index contributed by atoms with van der Waals surface area (Å²) in [5, 5.41) is 2.83. The third kappa shape index (κ3) is 3.17. The van der Waals surface area contributed by atoms with Gasteiger partial charge in [0.2, 0.25) is 11.8 Å². The van der Waals surface area contributed by atoms with Crippen LogP contribution in [-0.4, -0.2) is 30.7 Å². The highest BCUT2D eigenvalue weighted by atomic mass is 16.5. The van der Waals surface area contributed by atoms with Gasteiger partial charge < -0.3 is 14.8 Å². The topological polar surface area (TPSA) is 60.5 Å². The Kier molecular flexibility index (Phi) is 3.93. The summed E-state index contributed by atoms with van der Waals surface area (Å²) >= 11 is 0. The van der Waals surface area contributed by atoms with Gasteiger partial charge in [0.1, 0.15) is 6.10 Å². The molecule has 1 N–H and O–H groups in total. The average Bonchev–Trinajstić information content (AvgIpc) is 2.90. The number of hydrogen-bond acceptors (Lipinski definition) is 4. The van der Waals surface area contributed by atoms with Crippen molar-refractivity contribution in [3.05, 3.63) is 23.9 Å². The third-order valence-electron chi connectivity index (χ3n) is 2.70. The third-order valence-corrected chi connectivity index (χ3v) is 2.70. The lowest BCUT2D eigenvalue weighted by atomic mass is 10.2. The number of aromatic nitrogens is 1. The van der Waals surface area contributed by atoms with Gasteiger partial charge in [-0.15, -0.1) is 0 Å². The van der Waals surface area contributed by atoms with Gasteiger partial charge in [-0.1, -0.05) is 6.07 Å². The predicted molar refractivity (Wildman–Crippen MR) is 61.6 cm³/mol. The zero-order chi connectivity index (χ0) is 12.1. The largest absolute Gasteiger partial charge is 0.481 e. The van der Waals surface area contributed by atoms with Gasteiger partial charge in [0.25, 0.3) is 0 Å². The van der Waals surface area contributed by atoms with E-state index < -0.39 is 0 Å². The molecule has 0 spiro atoms. The van der Waals surface area contributed by atoms with Crippen LogP contribution in [-0.2, 0) is 16.1 Å². The quantitative estimate of drug-likeness (QED) is 0.843. The standard InChI is InChI=1S/C12H16N2O3/c1-16-11-5-4-9(7-13-11)8-14-12(15)10-3-2-6-17-10/h4-5,7,10H,2-3,6,8H2,1H3,(H,14,15). The first-order valence-corrected chi connectivity index (χ1v) is 5.68. The van der Waals surface area contributed by atoms with Crippen LogP contribution < -0.4 is 10.1 Å². The molecule has 17 heavy (non-hydrogen) atoms. The Morgan fingerprint density at radius 3 is 3.12 bits per heavy atom. The smallest absolute Gasteiger partial charge is 0.249 e. The molecule has 1 unspecified atom stereocenters. The molecule has 0 saturated carbocycles. The van der Waals surface area contributed by atoms with Gasteiger partial charge in [0.15, 0.2) is 0 Å². The molecule has 0 aliphatic carbocycles. The fourth-order valence-electron chi connectivity index (χ4n) is 1.72. The molecule has 5 heteroatoms. The van der Waals surface area contributed by atoms with Crippen LogP contribution in [0.1, 0.15) is 18.4 Å². The van der Waals surface area contributed by atoms with Crippen molar-refractivity contribution in [1.82, 2.24) is 10.3 Å². The lowest BCUT2D eigenvalue weighted by Gasteiger charge is -2.10. The molecular weight excluding hydrogens is 220 g/mol. The van der Waals surface area contributed by atoms with Gasteiger partial charge in [0, 0.05) is 25.4 Å². The van der Waals surface area contributed by atoms with E-state index in [-0.39, 0.29) is 12.0 Å². The Labute approximate surface area is 100 Å². The number of rotatable bonds is 4. The molecule has 2 heterocycles. The van der Waals surface area contributed by atoms with E-state index in [9.17, 15) is 4.79 Å². The highest BCUT2D eigenvalue weighted by Crippen LogP contribution is 2.12. The number of nitrogens with zero attached hydrogens (tertiary/aromatic N) is 1. The first-order valence-electron chi connectivity index (χ1n) is 5.68. The van der Waals surface area contributed by atoms with Gasteiger partial charge in [-0.2, -0.15) is 0 Å². The van der Waals surface area contributed by atoms with E-state index in [1.165, 1.54) is 0 Å². The summed E-state index contributed by atoms with van der Waals surface area (Å²) < 4.78 is 10.2. The Balaban J connectivity index is 1.82. The number of carbonyl (C=O) groups is 1. The number of carbonyl (C=O) groups excluding carboxylic acids is 1. The van der Waals surface area contributed by atoms with E-state index in [4.69, 9.17) is 9.47 Å². The Morgan fingerprint density at radius 1 is 1.65 bits per heavy atom. The van der Waals surface area contributed by atoms with E-state index in [1.807, 2.05) is 6.07 Å². The van der Waals surface area contributed by atoms with Crippen LogP contribution in [0.3, 0.4) is 0 Å². The molecule has 1 aliphatic rings. The fraction of sp³-hybridized carbons (Fsp3) is 0.500. The van der Waals surface area contributed by atoms with Crippen LogP contribution in [0.15, 0.2) is 18.3 Å². The van der Waals surface area contributed by atoms with Gasteiger partial charge in [0.05, 0.1) is 7.11 Å². The van der Waals surface area contributed by atoms with Crippen LogP contribution in [0, 0.1) is 0 Å². The molecule has 5 nitrogen and oxygen atoms in total. The minimum Gasteiger partial charge on any atom is -0.481 e. The summed E-state index contributed by atoms with van der Waals surface area (Å²) in [5.74, 6) is 0.525. The van der Waals surface area contributed by atoms with E-state index in [0.29, 0.717) is 19.0 Å². The molecule has 1 fully saturated rings. The van der Waals surface area contributed by atoms with Crippen molar-refractivity contribution in [2.75, 3.05) is 13.7 Å². The molecule has 0 bridgehead atoms. The zero-order valence-corrected chi connectivity index (χ0v) is 9.81. The predicted octanol–water partition coefficient (Wildman–Crippen LogP) is 0.885. The first-order chi connectivity index (χ1) is 8.29. The van der Waals surface area contributed by atoms with Crippen molar-refractivity contribution < 1.29 is 14.3 Å². The highest BCUT2D eigenvalue weighted by molar-refractivity contribution is 5.80. The van der Waals surface area contributed by atoms with Crippen molar-refractivity contribution in [2.24, 2.45) is 0 Å². The summed E-state index contributed by atoms with van der Waals surface area (Å²) in [6.07, 6.45) is 3.19. The maximum Gasteiger partial charge on any atom is 0.249 e. The number of methoxy groups -OCH3 is 1. The van der Waals surface area contributed by atoms with E-state index in [2.05, 4.69) is 10.3 Å². The highest BCUT2D eigenvalue weighted by Gasteiger charge is 2.22. The summed E-state index contributed by atoms with van der Waals surface area (Å²) in [6.45, 7) is 1.15. The Hall–Kier alpha value is -1.62. The van der Waals surface area contributed by atoms with Gasteiger partial charge >= 0.3 is 0 Å². The number of pyridine rings is 1. The summed E-state index contributed by atoms with van der Waals surface area (Å²) in [6, 6.07) is 3.65. The molecule has 1 amide bonds. The van der Waals surface area contributed by atoms with E-state index in [1.54, 1.807) is 19.4 Å². The van der Waals surface area contributed by atoms with Gasteiger partial charge in [-0.3, -0.25) is 4.79 Å². The summed E-state index contributed by atoms with van der Waals surface area (Å²) in [5.41, 5.74) is 0.942. The van der Waals surface area contributed by atoms with Crippen LogP contribution in [0.2, 0.25) is 0 Å². The zero-order valence-electron chi connectivity index (χ0n) is 9.81. The number of amides is 1. The van der Waals surface area contributed by atoms with Crippen molar-refractivity contribution >= 4 is 5.91 Å². The molecule has 1 aromatic heterocycles. The molecule has 1 atom stereocenters. The second-order valence-electron chi connectivity index (χ2n) is 3.93. The maximum atomic E-state index is 11.7. The van der Waals surface area contributed by atoms with Crippen molar-refractivity contribution in [3.63, 3.8) is 0 Å². The molecular formula is C12H16N2O3. The van der Waals surface area contributed by atoms with Crippen molar-refractivity contribution in [1.29, 1.82) is 0 Å². The number of ether oxygens (including phenoxy) is 2. The fourth-order valence-corrected chi connectivity index (χ4v) is 1.72. The molecule has 92 valence electrons. The Morgan fingerprint density at radius 2 is 2.53 bits per heavy atom. The van der Waals surface area contributed by atoms with Crippen LogP contribution in [0.4, 0.5) is 0 Å². The van der Waals surface area contributed by atoms with Crippen LogP contribution >= 0.6 is 0 Å². The molecule has 0 radical (unpaired) electrons. The van der Waals surface area contributed by atoms with Gasteiger partial charge in [-0.05, 0) is 18.4 Å². The first kappa shape index (κ1) is 11.9. The monoisotopic (exact) mass is 236 g/mol. The van der Waals surface area contributed by atoms with Gasteiger partial charge in [-0.25, -0.2) is 4.98 Å². The van der Waals surface area contributed by atoms with E-state index >= 15 is 0 Å². The number of nitrogens with one attached hydrogen (secondary N) is 1. The lowest BCUT2D eigenvalue weighted by Crippen LogP contribution is -2.33. The van der Waals surface area contributed by atoms with Crippen LogP contribution in [0.5, 0.6) is 5.88 Å². The average molecular weight is 236 g/mol. The summed E-state index contributed by atoms with van der Waals surface area (Å²) in [4.78, 5) is 15.7. The lowest BCUT2D eigenvalue weighted by molar-refractivity contribution is -0.130. The second kappa shape index (κ2) is 5.63. The minimum absolute atomic E-state index is 0.0432.